The van der Waals surface area contributed by atoms with Gasteiger partial charge in [-0.3, -0.25) is 19.2 Å². The van der Waals surface area contributed by atoms with Gasteiger partial charge in [0.15, 0.2) is 85.3 Å². The maximum absolute atomic E-state index is 11.0. The molecule has 0 unspecified atom stereocenters. The second-order valence-corrected chi connectivity index (χ2v) is 82.0. The number of thioether (sulfide) groups is 4. The second kappa shape index (κ2) is 83.5. The summed E-state index contributed by atoms with van der Waals surface area (Å²) in [6.07, 6.45) is 18.2. The van der Waals surface area contributed by atoms with Crippen molar-refractivity contribution in [2.45, 2.75) is 229 Å². The molecule has 4 aromatic rings. The molecule has 0 spiro atoms. The van der Waals surface area contributed by atoms with Crippen molar-refractivity contribution in [1.29, 1.82) is 0 Å². The van der Waals surface area contributed by atoms with Crippen LogP contribution in [0.5, 0.6) is 0 Å². The molecule has 800 valence electrons. The lowest BCUT2D eigenvalue weighted by molar-refractivity contribution is -0.119. The Kier molecular flexibility index (Phi) is 80.3. The Balaban J connectivity index is 0.00000187. The van der Waals surface area contributed by atoms with Gasteiger partial charge in [-0.05, 0) is 151 Å². The summed E-state index contributed by atoms with van der Waals surface area (Å²) in [5.74, 6) is 0.117. The van der Waals surface area contributed by atoms with Crippen LogP contribution in [0.1, 0.15) is 75.6 Å². The third kappa shape index (κ3) is 91.7. The van der Waals surface area contributed by atoms with Crippen molar-refractivity contribution < 1.29 is 88.4 Å². The molecule has 4 rings (SSSR count). The van der Waals surface area contributed by atoms with Gasteiger partial charge in [-0.2, -0.15) is 22.2 Å². The number of halogens is 2. The van der Waals surface area contributed by atoms with Crippen molar-refractivity contribution in [2.24, 2.45) is 20.5 Å². The Labute approximate surface area is 870 Å². The third-order valence-corrected chi connectivity index (χ3v) is 53.8. The molecule has 57 heteroatoms. The minimum Gasteiger partial charge on any atom is -0.455 e. The molecule has 4 heterocycles. The van der Waals surface area contributed by atoms with Crippen molar-refractivity contribution in [3.05, 3.63) is 114 Å². The highest BCUT2D eigenvalue weighted by molar-refractivity contribution is 8.01. The summed E-state index contributed by atoms with van der Waals surface area (Å²) < 4.78 is 85.0. The Bertz CT molecular complexity index is 4020. The Hall–Kier alpha value is -5.44. The first-order valence-corrected chi connectivity index (χ1v) is 78.1. The molecule has 0 aliphatic heterocycles. The van der Waals surface area contributed by atoms with Gasteiger partial charge in [0, 0.05) is 193 Å². The molecular weight excluding hydrogens is 2070 g/mol. The van der Waals surface area contributed by atoms with Crippen LogP contribution < -0.4 is 21.3 Å². The van der Waals surface area contributed by atoms with E-state index in [0.717, 1.165) is 134 Å². The minimum absolute atomic E-state index is 0.0153. The van der Waals surface area contributed by atoms with Crippen LogP contribution in [0.15, 0.2) is 90.7 Å². The van der Waals surface area contributed by atoms with Crippen LogP contribution in [-0.4, -0.2) is 334 Å². The summed E-state index contributed by atoms with van der Waals surface area (Å²) in [5, 5.41) is 31.2. The van der Waals surface area contributed by atoms with E-state index in [4.69, 9.17) is 113 Å². The topological polar surface area (TPSA) is 553 Å². The average Bonchev–Trinajstić information content (AvgIpc) is 0.876. The summed E-state index contributed by atoms with van der Waals surface area (Å²) >= 11 is 18.8. The number of aromatic nitrogens is 8. The number of hydrogen-bond donors (Lipinski definition) is 4. The maximum Gasteiger partial charge on any atom is 0.216 e. The molecule has 0 bridgehead atoms. The zero-order valence-electron chi connectivity index (χ0n) is 86.8. The van der Waals surface area contributed by atoms with Crippen LogP contribution >= 0.6 is 69.2 Å². The van der Waals surface area contributed by atoms with Gasteiger partial charge in [0.1, 0.15) is 0 Å². The van der Waals surface area contributed by atoms with Gasteiger partial charge >= 0.3 is 0 Å². The molecule has 0 radical (unpaired) electrons. The van der Waals surface area contributed by atoms with Gasteiger partial charge in [0.2, 0.25) is 23.6 Å². The van der Waals surface area contributed by atoms with Crippen molar-refractivity contribution in [1.82, 2.24) is 61.1 Å². The molecule has 0 aliphatic rings. The number of amides is 4. The van der Waals surface area contributed by atoms with E-state index in [-0.39, 0.29) is 23.6 Å². The zero-order chi connectivity index (χ0) is 105. The Morgan fingerprint density at radius 2 is 0.468 bits per heavy atom. The lowest BCUT2D eigenvalue weighted by atomic mass is 10.4. The number of hydrogen-bond acceptors (Lipinski definition) is 35. The summed E-state index contributed by atoms with van der Waals surface area (Å²) in [6.45, 7) is 56.4. The summed E-state index contributed by atoms with van der Waals surface area (Å²) in [7, 11) is -14.0. The Morgan fingerprint density at radius 1 is 0.284 bits per heavy atom. The summed E-state index contributed by atoms with van der Waals surface area (Å²) in [6, 6.07) is 4.22. The maximum atomic E-state index is 11.0. The first-order valence-electron chi connectivity index (χ1n) is 47.0. The van der Waals surface area contributed by atoms with Crippen LogP contribution in [-0.2, 0) is 115 Å². The van der Waals surface area contributed by atoms with E-state index < -0.39 is 64.7 Å². The second-order valence-electron chi connectivity index (χ2n) is 36.2. The monoisotopic (exact) mass is 2230 g/mol. The van der Waals surface area contributed by atoms with Gasteiger partial charge in [-0.15, -0.1) is 0 Å². The molecular formula is C84H160Cl2N24O19S4Si8. The molecule has 0 atom stereocenters. The van der Waals surface area contributed by atoms with E-state index >= 15 is 0 Å². The van der Waals surface area contributed by atoms with Crippen LogP contribution in [0.4, 0.5) is 0 Å². The van der Waals surface area contributed by atoms with Crippen molar-refractivity contribution in [3.8, 4) is 0 Å². The highest BCUT2D eigenvalue weighted by Gasteiger charge is 2.36. The SMILES string of the molecule is CC(=O)NCCC[Si](C)(C)Cl.CC(=O)NCCC[Si](C)(C)O[Si](C)(C)CCCNC(C)=O.CC(=O)NCCC[Si](C)(C)O[Si](C)(C)CSc1ncc(COCCOCCOCCN=[N+]=[N-])cn1.C[Si](C)(CSc1ncc(COCCOCCOCCN=[N+]=[N-])cn1)O[Si](C)(C)CSc1ncc(COCCOCCOCCN=[N+]=[N-])cn1.C[Si](C)(Cl)CSc1ncc(COCCOCCOCCN=[N+]=[N-])cn1. The fourth-order valence-electron chi connectivity index (χ4n) is 11.6. The predicted octanol–water partition coefficient (Wildman–Crippen LogP) is 17.1. The number of nitrogens with one attached hydrogen (secondary N) is 4. The predicted molar refractivity (Wildman–Crippen MR) is 579 cm³/mol. The van der Waals surface area contributed by atoms with Crippen LogP contribution in [0.2, 0.25) is 129 Å². The van der Waals surface area contributed by atoms with Crippen molar-refractivity contribution >= 4 is 158 Å². The molecule has 4 amide bonds. The first-order chi connectivity index (χ1) is 66.8. The molecule has 0 fully saturated rings. The number of azide groups is 4. The molecule has 0 aliphatic carbocycles. The quantitative estimate of drug-likeness (QED) is 0.00466. The molecule has 4 N–H and O–H groups in total. The fourth-order valence-corrected chi connectivity index (χ4v) is 46.7. The highest BCUT2D eigenvalue weighted by atomic mass is 35.6. The highest BCUT2D eigenvalue weighted by Crippen LogP contribution is 2.30. The molecule has 0 saturated carbocycles. The largest absolute Gasteiger partial charge is 0.455 e. The lowest BCUT2D eigenvalue weighted by Crippen LogP contribution is -2.48. The standard InChI is InChI=1S/C28H48N10O7S2Si2.C21H40N6O5SSi2.C14H24ClN5O3SSi.C14H32N2O3Si2.C7H16ClNOSi/c1-48(2,23-46-27-31-17-25(18-32-27)21-43-15-13-41-11-9-39-7-5-35-37-29)45-49(3,4)24-47-28-33-19-26(20-34-28)22-44-16-14-42-12-10-40-8-6-36-38-30;1-19(28)23-7-6-14-34(2,3)32-35(4,5)18-33-21-24-15-20(16-25-21)17-31-13-12-30-11-10-29-9-8-26-27-22;1-25(2,15)12-24-14-17-9-13(10-18-14)11-23-8-7-22-6-5-21-4-3-19-20-16;1-13(17)15-9-7-11-20(3,4)19-21(5,6)12-8-10-16-14(2)18;1-7(10)9-5-4-6-11(2,3)8/h17-20H,5-16,21-24H2,1-4H3;15-16H,6-14,17-18H2,1-5H3,(H,23,28);9-10H,3-8,11-12H2,1-2H3;7-12H2,1-6H3,(H,15,17)(H,16,18);4-6H2,1-3H3,(H,9,10). The van der Waals surface area contributed by atoms with E-state index in [1.807, 2.05) is 0 Å². The van der Waals surface area contributed by atoms with Gasteiger partial charge in [-0.1, -0.05) is 93.7 Å². The van der Waals surface area contributed by atoms with Gasteiger partial charge in [-0.25, -0.2) is 39.9 Å². The van der Waals surface area contributed by atoms with E-state index in [9.17, 15) is 19.2 Å². The summed E-state index contributed by atoms with van der Waals surface area (Å²) in [5.41, 5.74) is 36.3. The third-order valence-electron chi connectivity index (χ3n) is 17.5. The molecule has 43 nitrogen and oxygen atoms in total. The van der Waals surface area contributed by atoms with Crippen molar-refractivity contribution in [2.75, 3.05) is 206 Å². The van der Waals surface area contributed by atoms with E-state index in [0.29, 0.717) is 191 Å². The van der Waals surface area contributed by atoms with Crippen LogP contribution in [0, 0.1) is 0 Å². The fraction of sp³-hybridized carbons (Fsp3) is 0.762. The van der Waals surface area contributed by atoms with E-state index in [2.05, 4.69) is 206 Å². The number of ether oxygens (including phenoxy) is 12. The van der Waals surface area contributed by atoms with E-state index in [1.54, 1.807) is 117 Å². The number of carbonyl (C=O) groups excluding carboxylic acids is 4. The minimum atomic E-state index is -1.99. The summed E-state index contributed by atoms with van der Waals surface area (Å²) in [4.78, 5) is 89.3. The molecule has 4 aromatic heterocycles. The van der Waals surface area contributed by atoms with Crippen LogP contribution in [0.3, 0.4) is 0 Å². The van der Waals surface area contributed by atoms with Gasteiger partial charge < -0.3 is 90.5 Å². The molecule has 0 aromatic carbocycles. The van der Waals surface area contributed by atoms with Crippen LogP contribution in [0.25, 0.3) is 41.8 Å². The average molecular weight is 2230 g/mol. The lowest BCUT2D eigenvalue weighted by Gasteiger charge is -2.34. The molecule has 0 saturated heterocycles. The number of carbonyl (C=O) groups is 4. The molecule has 141 heavy (non-hydrogen) atoms. The first kappa shape index (κ1) is 136. The van der Waals surface area contributed by atoms with Gasteiger partial charge in [0.05, 0.1) is 159 Å². The smallest absolute Gasteiger partial charge is 0.216 e. The Morgan fingerprint density at radius 3 is 0.667 bits per heavy atom. The number of nitrogens with zero attached hydrogens (tertiary/aromatic N) is 20. The van der Waals surface area contributed by atoms with Gasteiger partial charge in [0.25, 0.3) is 0 Å². The van der Waals surface area contributed by atoms with Crippen molar-refractivity contribution in [3.63, 3.8) is 0 Å². The zero-order valence-corrected chi connectivity index (χ0v) is 99.6. The van der Waals surface area contributed by atoms with E-state index in [1.165, 1.54) is 6.92 Å². The normalized spacial score (nSPS) is 11.7. The number of rotatable bonds is 78.